The van der Waals surface area contributed by atoms with Crippen LogP contribution in [0.4, 0.5) is 0 Å². The molecule has 2 heteroatoms. The van der Waals surface area contributed by atoms with Crippen molar-refractivity contribution in [3.63, 3.8) is 0 Å². The largest absolute Gasteiger partial charge is 0.468 e. The lowest BCUT2D eigenvalue weighted by molar-refractivity contribution is -0.129. The Bertz CT molecular complexity index is 123. The number of rotatable bonds is 10. The molecule has 0 amide bonds. The molecule has 0 aromatic heterocycles. The van der Waals surface area contributed by atoms with Crippen molar-refractivity contribution in [1.82, 2.24) is 0 Å². The van der Waals surface area contributed by atoms with Crippen LogP contribution >= 0.6 is 0 Å². The molecule has 0 spiro atoms. The molecule has 0 saturated carbocycles. The van der Waals surface area contributed by atoms with Crippen molar-refractivity contribution in [1.29, 1.82) is 0 Å². The highest BCUT2D eigenvalue weighted by molar-refractivity contribution is 5.36. The molecule has 0 N–H and O–H groups in total. The van der Waals surface area contributed by atoms with Gasteiger partial charge in [-0.15, -0.1) is 0 Å². The van der Waals surface area contributed by atoms with E-state index in [4.69, 9.17) is 4.74 Å². The minimum absolute atomic E-state index is 0.551. The quantitative estimate of drug-likeness (QED) is 0.398. The molecule has 84 valence electrons. The molecule has 0 fully saturated rings. The number of hydrogen-bond donors (Lipinski definition) is 0. The van der Waals surface area contributed by atoms with E-state index < -0.39 is 0 Å². The van der Waals surface area contributed by atoms with Crippen LogP contribution in [0.5, 0.6) is 0 Å². The van der Waals surface area contributed by atoms with Crippen LogP contribution in [0.2, 0.25) is 0 Å². The van der Waals surface area contributed by atoms with Crippen molar-refractivity contribution >= 4 is 6.47 Å². The van der Waals surface area contributed by atoms with Crippen molar-refractivity contribution in [3.05, 3.63) is 0 Å². The van der Waals surface area contributed by atoms with Crippen molar-refractivity contribution in [2.24, 2.45) is 5.92 Å². The van der Waals surface area contributed by atoms with Gasteiger partial charge in [0.05, 0.1) is 6.61 Å². The van der Waals surface area contributed by atoms with E-state index in [-0.39, 0.29) is 0 Å². The van der Waals surface area contributed by atoms with Gasteiger partial charge in [-0.1, -0.05) is 52.4 Å². The van der Waals surface area contributed by atoms with Gasteiger partial charge >= 0.3 is 0 Å². The third-order valence-corrected chi connectivity index (χ3v) is 2.62. The summed E-state index contributed by atoms with van der Waals surface area (Å²) in [4.78, 5) is 9.98. The molecule has 2 nitrogen and oxygen atoms in total. The number of unbranched alkanes of at least 4 members (excludes halogenated alkanes) is 2. The topological polar surface area (TPSA) is 26.3 Å². The number of ether oxygens (including phenoxy) is 1. The zero-order valence-corrected chi connectivity index (χ0v) is 9.63. The van der Waals surface area contributed by atoms with E-state index in [1.54, 1.807) is 0 Å². The molecule has 0 aromatic carbocycles. The van der Waals surface area contributed by atoms with Gasteiger partial charge in [0.15, 0.2) is 0 Å². The van der Waals surface area contributed by atoms with Gasteiger partial charge < -0.3 is 4.74 Å². The maximum absolute atomic E-state index is 9.98. The van der Waals surface area contributed by atoms with Crippen LogP contribution in [0.1, 0.15) is 58.8 Å². The normalized spacial score (nSPS) is 12.4. The number of hydrogen-bond acceptors (Lipinski definition) is 2. The predicted octanol–water partition coefficient (Wildman–Crippen LogP) is 3.55. The van der Waals surface area contributed by atoms with Crippen LogP contribution in [0.3, 0.4) is 0 Å². The molecule has 0 aliphatic rings. The number of carbonyl (C=O) groups excluding carboxylic acids is 1. The number of carbonyl (C=O) groups is 1. The third-order valence-electron chi connectivity index (χ3n) is 2.62. The smallest absolute Gasteiger partial charge is 0.293 e. The van der Waals surface area contributed by atoms with Crippen LogP contribution in [0.15, 0.2) is 0 Å². The molecule has 0 rings (SSSR count). The summed E-state index contributed by atoms with van der Waals surface area (Å²) in [5.74, 6) is 0.756. The van der Waals surface area contributed by atoms with E-state index in [9.17, 15) is 4.79 Å². The van der Waals surface area contributed by atoms with Gasteiger partial charge in [0, 0.05) is 0 Å². The van der Waals surface area contributed by atoms with Gasteiger partial charge in [0.2, 0.25) is 0 Å². The van der Waals surface area contributed by atoms with Crippen LogP contribution in [0, 0.1) is 5.92 Å². The first-order chi connectivity index (χ1) is 6.85. The Kier molecular flexibility index (Phi) is 10.2. The molecule has 0 aromatic rings. The summed E-state index contributed by atoms with van der Waals surface area (Å²) in [6.07, 6.45) is 8.77. The minimum Gasteiger partial charge on any atom is -0.468 e. The second-order valence-corrected chi connectivity index (χ2v) is 3.91. The van der Waals surface area contributed by atoms with Gasteiger partial charge in [0.1, 0.15) is 0 Å². The highest BCUT2D eigenvalue weighted by Crippen LogP contribution is 2.19. The summed E-state index contributed by atoms with van der Waals surface area (Å²) in [5.41, 5.74) is 0. The lowest BCUT2D eigenvalue weighted by Crippen LogP contribution is -2.05. The summed E-state index contributed by atoms with van der Waals surface area (Å²) in [6, 6.07) is 0. The Morgan fingerprint density at radius 2 is 1.86 bits per heavy atom. The highest BCUT2D eigenvalue weighted by Gasteiger charge is 2.07. The maximum Gasteiger partial charge on any atom is 0.293 e. The average molecular weight is 200 g/mol. The molecule has 0 bridgehead atoms. The molecule has 0 aliphatic carbocycles. The van der Waals surface area contributed by atoms with Gasteiger partial charge in [-0.25, -0.2) is 0 Å². The second-order valence-electron chi connectivity index (χ2n) is 3.91. The Hall–Kier alpha value is -0.530. The first kappa shape index (κ1) is 13.5. The van der Waals surface area contributed by atoms with E-state index in [1.165, 1.54) is 38.5 Å². The zero-order chi connectivity index (χ0) is 10.6. The second kappa shape index (κ2) is 10.6. The molecule has 0 radical (unpaired) electrons. The zero-order valence-electron chi connectivity index (χ0n) is 9.63. The lowest BCUT2D eigenvalue weighted by atomic mass is 9.94. The highest BCUT2D eigenvalue weighted by atomic mass is 16.5. The Balaban J connectivity index is 3.48. The van der Waals surface area contributed by atoms with Crippen LogP contribution in [0.25, 0.3) is 0 Å². The van der Waals surface area contributed by atoms with E-state index in [0.29, 0.717) is 13.1 Å². The molecule has 0 heterocycles. The van der Waals surface area contributed by atoms with E-state index in [0.717, 1.165) is 12.3 Å². The minimum atomic E-state index is 0.551. The fourth-order valence-corrected chi connectivity index (χ4v) is 1.81. The molecule has 0 saturated heterocycles. The summed E-state index contributed by atoms with van der Waals surface area (Å²) in [6.45, 7) is 5.59. The molecular weight excluding hydrogens is 176 g/mol. The molecule has 0 aliphatic heterocycles. The van der Waals surface area contributed by atoms with Crippen molar-refractivity contribution < 1.29 is 9.53 Å². The summed E-state index contributed by atoms with van der Waals surface area (Å²) < 4.78 is 4.74. The van der Waals surface area contributed by atoms with E-state index in [2.05, 4.69) is 13.8 Å². The van der Waals surface area contributed by atoms with Gasteiger partial charge in [-0.3, -0.25) is 4.79 Å². The average Bonchev–Trinajstić information content (AvgIpc) is 2.18. The molecular formula is C12H24O2. The van der Waals surface area contributed by atoms with Crippen LogP contribution in [-0.2, 0) is 9.53 Å². The fourth-order valence-electron chi connectivity index (χ4n) is 1.81. The predicted molar refractivity (Wildman–Crippen MR) is 59.2 cm³/mol. The maximum atomic E-state index is 9.98. The Morgan fingerprint density at radius 3 is 2.43 bits per heavy atom. The summed E-state index contributed by atoms with van der Waals surface area (Å²) in [5, 5.41) is 0. The van der Waals surface area contributed by atoms with Crippen LogP contribution < -0.4 is 0 Å². The molecule has 14 heavy (non-hydrogen) atoms. The monoisotopic (exact) mass is 200 g/mol. The van der Waals surface area contributed by atoms with Crippen LogP contribution in [-0.4, -0.2) is 13.1 Å². The van der Waals surface area contributed by atoms with E-state index >= 15 is 0 Å². The van der Waals surface area contributed by atoms with Gasteiger partial charge in [-0.05, 0) is 12.3 Å². The molecule has 1 atom stereocenters. The SMILES string of the molecule is CCCCCC(CCC)CCOC=O. The van der Waals surface area contributed by atoms with Crippen molar-refractivity contribution in [2.45, 2.75) is 58.8 Å². The van der Waals surface area contributed by atoms with Gasteiger partial charge in [-0.2, -0.15) is 0 Å². The summed E-state index contributed by atoms with van der Waals surface area (Å²) in [7, 11) is 0. The third kappa shape index (κ3) is 8.09. The first-order valence-electron chi connectivity index (χ1n) is 5.90. The standard InChI is InChI=1S/C12H24O2/c1-3-5-6-8-12(7-4-2)9-10-14-11-13/h11-12H,3-10H2,1-2H3. The molecule has 1 unspecified atom stereocenters. The summed E-state index contributed by atoms with van der Waals surface area (Å²) >= 11 is 0. The van der Waals surface area contributed by atoms with Crippen molar-refractivity contribution in [2.75, 3.05) is 6.61 Å². The lowest BCUT2D eigenvalue weighted by Gasteiger charge is -2.14. The Morgan fingerprint density at radius 1 is 1.07 bits per heavy atom. The van der Waals surface area contributed by atoms with Gasteiger partial charge in [0.25, 0.3) is 6.47 Å². The fraction of sp³-hybridized carbons (Fsp3) is 0.917. The Labute approximate surface area is 88.0 Å². The van der Waals surface area contributed by atoms with Crippen molar-refractivity contribution in [3.8, 4) is 0 Å². The first-order valence-corrected chi connectivity index (χ1v) is 5.90. The van der Waals surface area contributed by atoms with E-state index in [1.807, 2.05) is 0 Å².